The molecule has 0 spiro atoms. The van der Waals surface area contributed by atoms with Gasteiger partial charge in [0.15, 0.2) is 0 Å². The summed E-state index contributed by atoms with van der Waals surface area (Å²) < 4.78 is 1.17. The van der Waals surface area contributed by atoms with E-state index < -0.39 is 0 Å². The van der Waals surface area contributed by atoms with Gasteiger partial charge >= 0.3 is 0 Å². The van der Waals surface area contributed by atoms with Crippen molar-refractivity contribution in [1.82, 2.24) is 5.32 Å². The van der Waals surface area contributed by atoms with E-state index >= 15 is 0 Å². The lowest BCUT2D eigenvalue weighted by atomic mass is 10.1. The molecule has 0 saturated heterocycles. The summed E-state index contributed by atoms with van der Waals surface area (Å²) in [5.41, 5.74) is 1.27. The molecular weight excluding hydrogens is 285 g/mol. The molecule has 0 amide bonds. The van der Waals surface area contributed by atoms with E-state index in [4.69, 9.17) is 23.2 Å². The summed E-state index contributed by atoms with van der Waals surface area (Å²) in [4.78, 5) is 1.35. The number of rotatable bonds is 4. The van der Waals surface area contributed by atoms with Gasteiger partial charge < -0.3 is 5.32 Å². The number of fused-ring (bicyclic) bond motifs is 1. The van der Waals surface area contributed by atoms with Crippen LogP contribution < -0.4 is 5.32 Å². The Labute approximate surface area is 122 Å². The maximum absolute atomic E-state index is 6.29. The monoisotopic (exact) mass is 301 g/mol. The van der Waals surface area contributed by atoms with Crippen molar-refractivity contribution in [3.63, 3.8) is 0 Å². The first kappa shape index (κ1) is 14.1. The summed E-state index contributed by atoms with van der Waals surface area (Å²) in [6.45, 7) is 7.54. The van der Waals surface area contributed by atoms with Crippen molar-refractivity contribution in [2.75, 3.05) is 6.54 Å². The van der Waals surface area contributed by atoms with Crippen molar-refractivity contribution in [2.24, 2.45) is 0 Å². The molecule has 0 radical (unpaired) electrons. The number of halogens is 2. The zero-order chi connectivity index (χ0) is 13.3. The molecule has 0 aliphatic heterocycles. The number of aryl methyl sites for hydroxylation is 1. The highest BCUT2D eigenvalue weighted by Crippen LogP contribution is 2.40. The molecule has 1 aromatic carbocycles. The molecule has 1 nitrogen and oxygen atoms in total. The predicted molar refractivity (Wildman–Crippen MR) is 83.3 cm³/mol. The van der Waals surface area contributed by atoms with Crippen LogP contribution >= 0.6 is 34.5 Å². The minimum absolute atomic E-state index is 0.359. The van der Waals surface area contributed by atoms with Crippen molar-refractivity contribution in [3.8, 4) is 0 Å². The summed E-state index contributed by atoms with van der Waals surface area (Å²) in [5.74, 6) is 0. The molecule has 1 heterocycles. The van der Waals surface area contributed by atoms with E-state index in [1.807, 2.05) is 12.1 Å². The second-order valence-corrected chi connectivity index (χ2v) is 6.46. The van der Waals surface area contributed by atoms with Gasteiger partial charge in [-0.25, -0.2) is 0 Å². The van der Waals surface area contributed by atoms with Gasteiger partial charge in [-0.05, 0) is 44.5 Å². The van der Waals surface area contributed by atoms with Gasteiger partial charge in [0.05, 0.1) is 5.02 Å². The SMILES string of the molecule is CCCNC(C)c1sc2cc(Cl)cc(Cl)c2c1C. The van der Waals surface area contributed by atoms with Gasteiger partial charge in [-0.1, -0.05) is 30.1 Å². The smallest absolute Gasteiger partial charge is 0.0510 e. The molecule has 0 aliphatic rings. The van der Waals surface area contributed by atoms with E-state index in [9.17, 15) is 0 Å². The van der Waals surface area contributed by atoms with E-state index in [-0.39, 0.29) is 0 Å². The first-order chi connectivity index (χ1) is 8.54. The van der Waals surface area contributed by atoms with Crippen LogP contribution in [0.5, 0.6) is 0 Å². The third-order valence-corrected chi connectivity index (χ3v) is 5.01. The van der Waals surface area contributed by atoms with Gasteiger partial charge in [-0.15, -0.1) is 11.3 Å². The average molecular weight is 302 g/mol. The Hall–Kier alpha value is -0.280. The van der Waals surface area contributed by atoms with Crippen molar-refractivity contribution in [1.29, 1.82) is 0 Å². The number of benzene rings is 1. The fourth-order valence-electron chi connectivity index (χ4n) is 2.18. The van der Waals surface area contributed by atoms with Crippen molar-refractivity contribution in [2.45, 2.75) is 33.2 Å². The third-order valence-electron chi connectivity index (χ3n) is 3.08. The van der Waals surface area contributed by atoms with E-state index in [0.717, 1.165) is 23.4 Å². The summed E-state index contributed by atoms with van der Waals surface area (Å²) >= 11 is 14.1. The lowest BCUT2D eigenvalue weighted by Gasteiger charge is -2.12. The zero-order valence-electron chi connectivity index (χ0n) is 10.8. The Bertz CT molecular complexity index is 562. The van der Waals surface area contributed by atoms with Gasteiger partial charge in [0, 0.05) is 26.0 Å². The van der Waals surface area contributed by atoms with Crippen LogP contribution in [-0.2, 0) is 0 Å². The molecular formula is C14H17Cl2NS. The highest BCUT2D eigenvalue weighted by Gasteiger charge is 2.16. The molecule has 0 bridgehead atoms. The molecule has 2 rings (SSSR count). The van der Waals surface area contributed by atoms with Crippen LogP contribution in [-0.4, -0.2) is 6.54 Å². The fourth-order valence-corrected chi connectivity index (χ4v) is 4.24. The molecule has 1 unspecified atom stereocenters. The van der Waals surface area contributed by atoms with Crippen LogP contribution in [0.3, 0.4) is 0 Å². The first-order valence-corrected chi connectivity index (χ1v) is 7.73. The van der Waals surface area contributed by atoms with Gasteiger partial charge in [0.1, 0.15) is 0 Å². The fraction of sp³-hybridized carbons (Fsp3) is 0.429. The second kappa shape index (κ2) is 5.79. The maximum Gasteiger partial charge on any atom is 0.0510 e. The van der Waals surface area contributed by atoms with Crippen LogP contribution in [0.4, 0.5) is 0 Å². The number of hydrogen-bond donors (Lipinski definition) is 1. The van der Waals surface area contributed by atoms with Crippen LogP contribution in [0.1, 0.15) is 36.8 Å². The van der Waals surface area contributed by atoms with Gasteiger partial charge in [-0.2, -0.15) is 0 Å². The average Bonchev–Trinajstić information content (AvgIpc) is 2.63. The molecule has 2 aromatic rings. The van der Waals surface area contributed by atoms with Crippen LogP contribution in [0.25, 0.3) is 10.1 Å². The number of hydrogen-bond acceptors (Lipinski definition) is 2. The standard InChI is InChI=1S/C14H17Cl2NS/c1-4-5-17-9(3)14-8(2)13-11(16)6-10(15)7-12(13)18-14/h6-7,9,17H,4-5H2,1-3H3. The van der Waals surface area contributed by atoms with E-state index in [1.54, 1.807) is 11.3 Å². The normalized spacial score (nSPS) is 13.2. The lowest BCUT2D eigenvalue weighted by Crippen LogP contribution is -2.18. The van der Waals surface area contributed by atoms with E-state index in [0.29, 0.717) is 11.1 Å². The Morgan fingerprint density at radius 1 is 1.33 bits per heavy atom. The van der Waals surface area contributed by atoms with Gasteiger partial charge in [0.25, 0.3) is 0 Å². The van der Waals surface area contributed by atoms with Gasteiger partial charge in [0.2, 0.25) is 0 Å². The quantitative estimate of drug-likeness (QED) is 0.777. The highest BCUT2D eigenvalue weighted by atomic mass is 35.5. The number of nitrogens with one attached hydrogen (secondary N) is 1. The minimum atomic E-state index is 0.359. The van der Waals surface area contributed by atoms with Crippen molar-refractivity contribution >= 4 is 44.6 Å². The summed E-state index contributed by atoms with van der Waals surface area (Å²) in [6.07, 6.45) is 1.14. The Kier molecular flexibility index (Phi) is 4.54. The van der Waals surface area contributed by atoms with Gasteiger partial charge in [-0.3, -0.25) is 0 Å². The van der Waals surface area contributed by atoms with Crippen molar-refractivity contribution in [3.05, 3.63) is 32.6 Å². The molecule has 1 aromatic heterocycles. The third kappa shape index (κ3) is 2.67. The molecule has 0 aliphatic carbocycles. The first-order valence-electron chi connectivity index (χ1n) is 6.16. The molecule has 4 heteroatoms. The number of thiophene rings is 1. The topological polar surface area (TPSA) is 12.0 Å². The minimum Gasteiger partial charge on any atom is -0.309 e. The van der Waals surface area contributed by atoms with E-state index in [1.165, 1.54) is 15.1 Å². The lowest BCUT2D eigenvalue weighted by molar-refractivity contribution is 0.576. The summed E-state index contributed by atoms with van der Waals surface area (Å²) in [6, 6.07) is 4.17. The maximum atomic E-state index is 6.29. The summed E-state index contributed by atoms with van der Waals surface area (Å²) in [7, 11) is 0. The Balaban J connectivity index is 2.47. The predicted octanol–water partition coefficient (Wildman–Crippen LogP) is 5.58. The Morgan fingerprint density at radius 3 is 2.72 bits per heavy atom. The molecule has 18 heavy (non-hydrogen) atoms. The van der Waals surface area contributed by atoms with E-state index in [2.05, 4.69) is 26.1 Å². The Morgan fingerprint density at radius 2 is 2.06 bits per heavy atom. The summed E-state index contributed by atoms with van der Waals surface area (Å²) in [5, 5.41) is 6.12. The molecule has 0 saturated carbocycles. The second-order valence-electron chi connectivity index (χ2n) is 4.53. The van der Waals surface area contributed by atoms with Crippen LogP contribution in [0.15, 0.2) is 12.1 Å². The zero-order valence-corrected chi connectivity index (χ0v) is 13.1. The molecule has 0 fully saturated rings. The molecule has 98 valence electrons. The highest BCUT2D eigenvalue weighted by molar-refractivity contribution is 7.19. The molecule has 1 atom stereocenters. The van der Waals surface area contributed by atoms with Crippen LogP contribution in [0.2, 0.25) is 10.0 Å². The molecule has 1 N–H and O–H groups in total. The van der Waals surface area contributed by atoms with Crippen LogP contribution in [0, 0.1) is 6.92 Å². The largest absolute Gasteiger partial charge is 0.309 e. The van der Waals surface area contributed by atoms with Crippen molar-refractivity contribution < 1.29 is 0 Å².